The van der Waals surface area contributed by atoms with E-state index in [1.54, 1.807) is 0 Å². The predicted octanol–water partition coefficient (Wildman–Crippen LogP) is 2.73. The summed E-state index contributed by atoms with van der Waals surface area (Å²) in [5, 5.41) is 12.8. The minimum Gasteiger partial charge on any atom is -0.480 e. The summed E-state index contributed by atoms with van der Waals surface area (Å²) in [6.45, 7) is 13.6. The maximum atomic E-state index is 11.6. The third-order valence-electron chi connectivity index (χ3n) is 4.54. The average Bonchev–Trinajstić information content (AvgIpc) is 2.26. The molecule has 2 N–H and O–H groups in total. The lowest BCUT2D eigenvalue weighted by Gasteiger charge is -2.43. The highest BCUT2D eigenvalue weighted by Gasteiger charge is 2.38. The second kappa shape index (κ2) is 6.90. The standard InChI is InChI=1S/C16H32N2O2/c1-11(2)17-16(6,15(19)20)10-14(5)18-8-7-12(3)9-13(18)4/h11-14,17H,7-10H2,1-6H3,(H,19,20). The lowest BCUT2D eigenvalue weighted by Crippen LogP contribution is -2.57. The van der Waals surface area contributed by atoms with Crippen LogP contribution in [-0.2, 0) is 4.79 Å². The van der Waals surface area contributed by atoms with Crippen LogP contribution in [0.2, 0.25) is 0 Å². The van der Waals surface area contributed by atoms with E-state index in [4.69, 9.17) is 0 Å². The van der Waals surface area contributed by atoms with Crippen molar-refractivity contribution in [3.63, 3.8) is 0 Å². The predicted molar refractivity (Wildman–Crippen MR) is 83.0 cm³/mol. The molecule has 1 aliphatic heterocycles. The van der Waals surface area contributed by atoms with Crippen molar-refractivity contribution < 1.29 is 9.90 Å². The molecule has 0 aromatic heterocycles. The Kier molecular flexibility index (Phi) is 6.02. The minimum atomic E-state index is -0.851. The molecule has 20 heavy (non-hydrogen) atoms. The van der Waals surface area contributed by atoms with E-state index in [0.717, 1.165) is 12.5 Å². The second-order valence-corrected chi connectivity index (χ2v) is 7.21. The highest BCUT2D eigenvalue weighted by Crippen LogP contribution is 2.27. The molecule has 0 spiro atoms. The van der Waals surface area contributed by atoms with Crippen molar-refractivity contribution in [2.45, 2.75) is 84.5 Å². The van der Waals surface area contributed by atoms with Crippen LogP contribution in [0, 0.1) is 5.92 Å². The molecule has 1 rings (SSSR count). The number of carboxylic acid groups (broad SMARTS) is 1. The molecule has 4 atom stereocenters. The van der Waals surface area contributed by atoms with Crippen LogP contribution in [0.15, 0.2) is 0 Å². The lowest BCUT2D eigenvalue weighted by atomic mass is 9.87. The Morgan fingerprint density at radius 3 is 2.45 bits per heavy atom. The third-order valence-corrected chi connectivity index (χ3v) is 4.54. The summed E-state index contributed by atoms with van der Waals surface area (Å²) in [5.41, 5.74) is -0.851. The van der Waals surface area contributed by atoms with Gasteiger partial charge in [0.15, 0.2) is 0 Å². The van der Waals surface area contributed by atoms with Crippen molar-refractivity contribution in [3.8, 4) is 0 Å². The van der Waals surface area contributed by atoms with Crippen LogP contribution in [0.4, 0.5) is 0 Å². The highest BCUT2D eigenvalue weighted by molar-refractivity contribution is 5.78. The van der Waals surface area contributed by atoms with Crippen LogP contribution < -0.4 is 5.32 Å². The van der Waals surface area contributed by atoms with Gasteiger partial charge >= 0.3 is 5.97 Å². The number of nitrogens with zero attached hydrogens (tertiary/aromatic N) is 1. The summed E-state index contributed by atoms with van der Waals surface area (Å²) in [4.78, 5) is 14.1. The Morgan fingerprint density at radius 2 is 2.00 bits per heavy atom. The largest absolute Gasteiger partial charge is 0.480 e. The molecule has 0 aliphatic carbocycles. The number of hydrogen-bond acceptors (Lipinski definition) is 3. The smallest absolute Gasteiger partial charge is 0.323 e. The van der Waals surface area contributed by atoms with Gasteiger partial charge in [-0.1, -0.05) is 6.92 Å². The van der Waals surface area contributed by atoms with E-state index >= 15 is 0 Å². The SMILES string of the molecule is CC1CCN(C(C)CC(C)(NC(C)C)C(=O)O)C(C)C1. The number of nitrogens with one attached hydrogen (secondary N) is 1. The molecule has 0 aromatic rings. The molecule has 1 saturated heterocycles. The molecular weight excluding hydrogens is 252 g/mol. The van der Waals surface area contributed by atoms with Crippen molar-refractivity contribution in [2.24, 2.45) is 5.92 Å². The normalized spacial score (nSPS) is 29.1. The summed E-state index contributed by atoms with van der Waals surface area (Å²) in [5.74, 6) is 0.0316. The van der Waals surface area contributed by atoms with Crippen molar-refractivity contribution in [1.29, 1.82) is 0 Å². The Morgan fingerprint density at radius 1 is 1.40 bits per heavy atom. The number of rotatable bonds is 6. The van der Waals surface area contributed by atoms with Gasteiger partial charge in [0, 0.05) is 18.1 Å². The second-order valence-electron chi connectivity index (χ2n) is 7.21. The van der Waals surface area contributed by atoms with Crippen molar-refractivity contribution in [2.75, 3.05) is 6.54 Å². The summed E-state index contributed by atoms with van der Waals surface area (Å²) in [7, 11) is 0. The van der Waals surface area contributed by atoms with Crippen molar-refractivity contribution >= 4 is 5.97 Å². The fourth-order valence-corrected chi connectivity index (χ4v) is 3.63. The van der Waals surface area contributed by atoms with Gasteiger partial charge < -0.3 is 5.11 Å². The first-order valence-corrected chi connectivity index (χ1v) is 7.92. The zero-order valence-electron chi connectivity index (χ0n) is 13.9. The molecule has 0 bridgehead atoms. The van der Waals surface area contributed by atoms with Crippen LogP contribution in [0.3, 0.4) is 0 Å². The van der Waals surface area contributed by atoms with Crippen LogP contribution in [0.25, 0.3) is 0 Å². The van der Waals surface area contributed by atoms with Gasteiger partial charge in [0.2, 0.25) is 0 Å². The van der Waals surface area contributed by atoms with Gasteiger partial charge in [-0.15, -0.1) is 0 Å². The molecule has 4 nitrogen and oxygen atoms in total. The van der Waals surface area contributed by atoms with Gasteiger partial charge in [0.1, 0.15) is 5.54 Å². The molecule has 0 aromatic carbocycles. The van der Waals surface area contributed by atoms with Crippen LogP contribution in [0.1, 0.15) is 60.8 Å². The number of aliphatic carboxylic acids is 1. The first-order valence-electron chi connectivity index (χ1n) is 7.92. The van der Waals surface area contributed by atoms with E-state index in [2.05, 4.69) is 31.0 Å². The molecule has 1 fully saturated rings. The monoisotopic (exact) mass is 284 g/mol. The van der Waals surface area contributed by atoms with Crippen LogP contribution >= 0.6 is 0 Å². The zero-order valence-corrected chi connectivity index (χ0v) is 13.9. The molecule has 0 amide bonds. The molecule has 4 unspecified atom stereocenters. The lowest BCUT2D eigenvalue weighted by molar-refractivity contribution is -0.145. The molecule has 1 aliphatic rings. The minimum absolute atomic E-state index is 0.169. The van der Waals surface area contributed by atoms with E-state index in [1.807, 2.05) is 20.8 Å². The quantitative estimate of drug-likeness (QED) is 0.787. The first-order chi connectivity index (χ1) is 9.15. The highest BCUT2D eigenvalue weighted by atomic mass is 16.4. The van der Waals surface area contributed by atoms with Gasteiger partial charge in [-0.05, 0) is 66.3 Å². The summed E-state index contributed by atoms with van der Waals surface area (Å²) in [6, 6.07) is 0.998. The Hall–Kier alpha value is -0.610. The van der Waals surface area contributed by atoms with Crippen LogP contribution in [-0.4, -0.2) is 46.2 Å². The van der Waals surface area contributed by atoms with Gasteiger partial charge in [0.05, 0.1) is 0 Å². The van der Waals surface area contributed by atoms with E-state index in [1.165, 1.54) is 12.8 Å². The maximum absolute atomic E-state index is 11.6. The van der Waals surface area contributed by atoms with Crippen LogP contribution in [0.5, 0.6) is 0 Å². The molecule has 0 saturated carbocycles. The molecular formula is C16H32N2O2. The van der Waals surface area contributed by atoms with E-state index in [0.29, 0.717) is 12.5 Å². The topological polar surface area (TPSA) is 52.6 Å². The summed E-state index contributed by atoms with van der Waals surface area (Å²) >= 11 is 0. The Balaban J connectivity index is 2.71. The van der Waals surface area contributed by atoms with E-state index < -0.39 is 11.5 Å². The molecule has 1 heterocycles. The van der Waals surface area contributed by atoms with Gasteiger partial charge in [-0.25, -0.2) is 0 Å². The van der Waals surface area contributed by atoms with Gasteiger partial charge in [0.25, 0.3) is 0 Å². The fourth-order valence-electron chi connectivity index (χ4n) is 3.63. The third kappa shape index (κ3) is 4.45. The fraction of sp³-hybridized carbons (Fsp3) is 0.938. The zero-order chi connectivity index (χ0) is 15.5. The number of likely N-dealkylation sites (tertiary alicyclic amines) is 1. The Labute approximate surface area is 123 Å². The number of piperidine rings is 1. The summed E-state index contributed by atoms with van der Waals surface area (Å²) in [6.07, 6.45) is 3.07. The number of hydrogen-bond donors (Lipinski definition) is 2. The number of carbonyl (C=O) groups is 1. The molecule has 0 radical (unpaired) electrons. The van der Waals surface area contributed by atoms with Crippen molar-refractivity contribution in [1.82, 2.24) is 10.2 Å². The van der Waals surface area contributed by atoms with E-state index in [9.17, 15) is 9.90 Å². The van der Waals surface area contributed by atoms with E-state index in [-0.39, 0.29) is 12.1 Å². The Bertz CT molecular complexity index is 332. The average molecular weight is 284 g/mol. The van der Waals surface area contributed by atoms with Gasteiger partial charge in [-0.3, -0.25) is 15.0 Å². The summed E-state index contributed by atoms with van der Waals surface area (Å²) < 4.78 is 0. The molecule has 118 valence electrons. The first kappa shape index (κ1) is 17.4. The maximum Gasteiger partial charge on any atom is 0.323 e. The molecule has 4 heteroatoms. The van der Waals surface area contributed by atoms with Gasteiger partial charge in [-0.2, -0.15) is 0 Å². The number of carboxylic acids is 1. The van der Waals surface area contributed by atoms with Crippen molar-refractivity contribution in [3.05, 3.63) is 0 Å².